The van der Waals surface area contributed by atoms with Gasteiger partial charge in [-0.05, 0) is 37.8 Å². The summed E-state index contributed by atoms with van der Waals surface area (Å²) in [4.78, 5) is 14.6. The Morgan fingerprint density at radius 2 is 2.09 bits per heavy atom. The Kier molecular flexibility index (Phi) is 6.86. The van der Waals surface area contributed by atoms with Gasteiger partial charge in [0.2, 0.25) is 0 Å². The van der Waals surface area contributed by atoms with E-state index in [1.165, 1.54) is 12.8 Å². The van der Waals surface area contributed by atoms with E-state index in [4.69, 9.17) is 0 Å². The van der Waals surface area contributed by atoms with Gasteiger partial charge in [-0.2, -0.15) is 0 Å². The number of hydrogen-bond acceptors (Lipinski definition) is 3. The number of nitrogens with one attached hydrogen (secondary N) is 2. The summed E-state index contributed by atoms with van der Waals surface area (Å²) < 4.78 is 0. The quantitative estimate of drug-likeness (QED) is 0.753. The van der Waals surface area contributed by atoms with Crippen molar-refractivity contribution in [1.29, 1.82) is 0 Å². The highest BCUT2D eigenvalue weighted by Gasteiger charge is 2.20. The number of carbonyl (C=O) groups excluding carboxylic acids is 1. The lowest BCUT2D eigenvalue weighted by molar-refractivity contribution is 0.168. The fraction of sp³-hybridized carbons (Fsp3) is 0.611. The van der Waals surface area contributed by atoms with Crippen LogP contribution in [0.3, 0.4) is 0 Å². The van der Waals surface area contributed by atoms with Gasteiger partial charge < -0.3 is 20.6 Å². The maximum Gasteiger partial charge on any atom is 0.315 e. The summed E-state index contributed by atoms with van der Waals surface area (Å²) in [6.07, 6.45) is 2.54. The zero-order chi connectivity index (χ0) is 16.7. The Morgan fingerprint density at radius 3 is 2.74 bits per heavy atom. The number of nitrogens with zero attached hydrogens (tertiary/aromatic N) is 1. The third kappa shape index (κ3) is 5.84. The summed E-state index contributed by atoms with van der Waals surface area (Å²) in [6, 6.07) is 8.99. The van der Waals surface area contributed by atoms with Crippen LogP contribution in [0.5, 0.6) is 0 Å². The predicted octanol–water partition coefficient (Wildman–Crippen LogP) is 2.14. The van der Waals surface area contributed by atoms with E-state index < -0.39 is 0 Å². The van der Waals surface area contributed by atoms with E-state index in [1.807, 2.05) is 37.3 Å². The van der Waals surface area contributed by atoms with Crippen LogP contribution in [0.4, 0.5) is 4.79 Å². The van der Waals surface area contributed by atoms with Crippen LogP contribution in [0.1, 0.15) is 38.3 Å². The first-order valence-electron chi connectivity index (χ1n) is 8.53. The molecule has 1 aromatic rings. The molecule has 3 unspecified atom stereocenters. The zero-order valence-corrected chi connectivity index (χ0v) is 14.2. The van der Waals surface area contributed by atoms with E-state index in [9.17, 15) is 9.90 Å². The Balaban J connectivity index is 1.78. The number of likely N-dealkylation sites (tertiary alicyclic amines) is 1. The minimum Gasteiger partial charge on any atom is -0.394 e. The Morgan fingerprint density at radius 1 is 1.35 bits per heavy atom. The number of piperidine rings is 1. The zero-order valence-electron chi connectivity index (χ0n) is 14.2. The first kappa shape index (κ1) is 17.8. The molecular weight excluding hydrogens is 290 g/mol. The number of aliphatic hydroxyl groups excluding tert-OH is 1. The fourth-order valence-electron chi connectivity index (χ4n) is 3.23. The minimum absolute atomic E-state index is 0.0791. The molecule has 0 saturated carbocycles. The monoisotopic (exact) mass is 319 g/mol. The molecule has 0 bridgehead atoms. The predicted molar refractivity (Wildman–Crippen MR) is 92.2 cm³/mol. The second-order valence-corrected chi connectivity index (χ2v) is 6.67. The van der Waals surface area contributed by atoms with Crippen molar-refractivity contribution in [2.24, 2.45) is 5.92 Å². The van der Waals surface area contributed by atoms with Crippen molar-refractivity contribution in [2.75, 3.05) is 26.2 Å². The van der Waals surface area contributed by atoms with E-state index in [0.29, 0.717) is 0 Å². The molecule has 0 radical (unpaired) electrons. The molecule has 128 valence electrons. The van der Waals surface area contributed by atoms with Crippen LogP contribution in [0.15, 0.2) is 30.3 Å². The highest BCUT2D eigenvalue weighted by Crippen LogP contribution is 2.15. The topological polar surface area (TPSA) is 64.6 Å². The average Bonchev–Trinajstić information content (AvgIpc) is 2.53. The number of amides is 2. The molecule has 3 atom stereocenters. The summed E-state index contributed by atoms with van der Waals surface area (Å²) >= 11 is 0. The average molecular weight is 319 g/mol. The van der Waals surface area contributed by atoms with Gasteiger partial charge in [0.15, 0.2) is 0 Å². The number of benzene rings is 1. The molecule has 1 saturated heterocycles. The van der Waals surface area contributed by atoms with Crippen molar-refractivity contribution in [3.05, 3.63) is 35.9 Å². The van der Waals surface area contributed by atoms with Gasteiger partial charge in [0.1, 0.15) is 0 Å². The molecule has 5 heteroatoms. The lowest BCUT2D eigenvalue weighted by atomic mass is 10.00. The van der Waals surface area contributed by atoms with Crippen molar-refractivity contribution < 1.29 is 9.90 Å². The van der Waals surface area contributed by atoms with E-state index >= 15 is 0 Å². The van der Waals surface area contributed by atoms with Crippen molar-refractivity contribution in [2.45, 2.75) is 38.8 Å². The van der Waals surface area contributed by atoms with Crippen LogP contribution >= 0.6 is 0 Å². The maximum atomic E-state index is 12.2. The summed E-state index contributed by atoms with van der Waals surface area (Å²) in [6.45, 7) is 7.28. The number of rotatable bonds is 6. The molecule has 1 aliphatic rings. The molecule has 0 aliphatic carbocycles. The van der Waals surface area contributed by atoms with E-state index in [2.05, 4.69) is 22.5 Å². The molecule has 2 amide bonds. The molecule has 0 aromatic heterocycles. The second-order valence-electron chi connectivity index (χ2n) is 6.67. The van der Waals surface area contributed by atoms with Crippen LogP contribution in [-0.2, 0) is 0 Å². The van der Waals surface area contributed by atoms with E-state index in [1.54, 1.807) is 0 Å². The van der Waals surface area contributed by atoms with Gasteiger partial charge in [0.25, 0.3) is 0 Å². The molecule has 23 heavy (non-hydrogen) atoms. The normalized spacial score (nSPS) is 21.4. The highest BCUT2D eigenvalue weighted by molar-refractivity contribution is 5.74. The smallest absolute Gasteiger partial charge is 0.315 e. The van der Waals surface area contributed by atoms with Gasteiger partial charge in [-0.1, -0.05) is 37.3 Å². The number of carbonyl (C=O) groups is 1. The van der Waals surface area contributed by atoms with Gasteiger partial charge in [0.05, 0.1) is 12.6 Å². The molecule has 1 aliphatic heterocycles. The van der Waals surface area contributed by atoms with Crippen LogP contribution in [0.25, 0.3) is 0 Å². The van der Waals surface area contributed by atoms with Gasteiger partial charge in [-0.25, -0.2) is 4.79 Å². The second kappa shape index (κ2) is 8.89. The summed E-state index contributed by atoms with van der Waals surface area (Å²) in [5, 5.41) is 15.3. The molecular formula is C18H29N3O2. The van der Waals surface area contributed by atoms with Gasteiger partial charge >= 0.3 is 6.03 Å². The van der Waals surface area contributed by atoms with Crippen molar-refractivity contribution in [3.63, 3.8) is 0 Å². The maximum absolute atomic E-state index is 12.2. The Bertz CT molecular complexity index is 480. The molecule has 2 rings (SSSR count). The summed E-state index contributed by atoms with van der Waals surface area (Å²) in [5.41, 5.74) is 0.905. The Hall–Kier alpha value is -1.59. The lowest BCUT2D eigenvalue weighted by Gasteiger charge is -2.33. The van der Waals surface area contributed by atoms with Crippen LogP contribution in [-0.4, -0.2) is 48.3 Å². The van der Waals surface area contributed by atoms with Crippen molar-refractivity contribution in [1.82, 2.24) is 15.5 Å². The molecule has 0 spiro atoms. The lowest BCUT2D eigenvalue weighted by Crippen LogP contribution is -2.49. The molecule has 3 N–H and O–H groups in total. The van der Waals surface area contributed by atoms with E-state index in [-0.39, 0.29) is 24.7 Å². The first-order chi connectivity index (χ1) is 11.1. The van der Waals surface area contributed by atoms with Gasteiger partial charge in [-0.3, -0.25) is 0 Å². The van der Waals surface area contributed by atoms with Gasteiger partial charge in [0, 0.05) is 19.1 Å². The molecule has 1 heterocycles. The highest BCUT2D eigenvalue weighted by atomic mass is 16.3. The van der Waals surface area contributed by atoms with Crippen LogP contribution in [0, 0.1) is 5.92 Å². The third-order valence-electron chi connectivity index (χ3n) is 4.34. The molecule has 1 aromatic carbocycles. The summed E-state index contributed by atoms with van der Waals surface area (Å²) in [5.74, 6) is 0.738. The Labute approximate surface area is 139 Å². The third-order valence-corrected chi connectivity index (χ3v) is 4.34. The van der Waals surface area contributed by atoms with Crippen molar-refractivity contribution >= 4 is 6.03 Å². The molecule has 1 fully saturated rings. The van der Waals surface area contributed by atoms with Crippen LogP contribution < -0.4 is 10.6 Å². The van der Waals surface area contributed by atoms with Crippen molar-refractivity contribution in [3.8, 4) is 0 Å². The summed E-state index contributed by atoms with van der Waals surface area (Å²) in [7, 11) is 0. The number of urea groups is 1. The SMILES string of the molecule is CC1CCCN(CC(C)NC(=O)NC(CO)c2ccccc2)C1. The van der Waals surface area contributed by atoms with E-state index in [0.717, 1.165) is 31.1 Å². The number of aliphatic hydroxyl groups is 1. The number of hydrogen-bond donors (Lipinski definition) is 3. The van der Waals surface area contributed by atoms with Crippen LogP contribution in [0.2, 0.25) is 0 Å². The molecule has 5 nitrogen and oxygen atoms in total. The standard InChI is InChI=1S/C18H29N3O2/c1-14-7-6-10-21(11-14)12-15(2)19-18(23)20-17(13-22)16-8-4-3-5-9-16/h3-5,8-9,14-15,17,22H,6-7,10-13H2,1-2H3,(H2,19,20,23). The minimum atomic E-state index is -0.376. The largest absolute Gasteiger partial charge is 0.394 e. The first-order valence-corrected chi connectivity index (χ1v) is 8.53. The van der Waals surface area contributed by atoms with Gasteiger partial charge in [-0.15, -0.1) is 0 Å². The fourth-order valence-corrected chi connectivity index (χ4v) is 3.23.